The molecule has 1 unspecified atom stereocenters. The Labute approximate surface area is 154 Å². The number of carboxylic acids is 1. The minimum atomic E-state index is -1.09. The molecule has 7 heteroatoms. The number of nitrogens with one attached hydrogen (secondary N) is 1. The third-order valence-corrected chi connectivity index (χ3v) is 6.54. The van der Waals surface area contributed by atoms with Crippen LogP contribution < -0.4 is 5.32 Å². The van der Waals surface area contributed by atoms with Crippen molar-refractivity contribution in [2.45, 2.75) is 72.1 Å². The SMILES string of the molecule is CC(C)(C)OC(=O)NC1(C(=O)N2C[C@H]3[C@@H]([C@H]2C(=O)O)C3(C)C)CC1(C)C. The predicted octanol–water partition coefficient (Wildman–Crippen LogP) is 2.25. The van der Waals surface area contributed by atoms with Gasteiger partial charge in [0.15, 0.2) is 0 Å². The molecule has 7 nitrogen and oxygen atoms in total. The summed E-state index contributed by atoms with van der Waals surface area (Å²) in [5.41, 5.74) is -2.25. The summed E-state index contributed by atoms with van der Waals surface area (Å²) in [5.74, 6) is -1.09. The van der Waals surface area contributed by atoms with Crippen LogP contribution in [0.5, 0.6) is 0 Å². The summed E-state index contributed by atoms with van der Waals surface area (Å²) < 4.78 is 5.32. The highest BCUT2D eigenvalue weighted by molar-refractivity contribution is 5.97. The van der Waals surface area contributed by atoms with Crippen LogP contribution in [-0.2, 0) is 14.3 Å². The number of nitrogens with zero attached hydrogens (tertiary/aromatic N) is 1. The van der Waals surface area contributed by atoms with Gasteiger partial charge in [0.05, 0.1) is 0 Å². The van der Waals surface area contributed by atoms with E-state index in [2.05, 4.69) is 19.2 Å². The van der Waals surface area contributed by atoms with E-state index in [9.17, 15) is 19.5 Å². The lowest BCUT2D eigenvalue weighted by molar-refractivity contribution is -0.152. The zero-order chi connectivity index (χ0) is 19.9. The zero-order valence-corrected chi connectivity index (χ0v) is 16.7. The maximum atomic E-state index is 13.3. The summed E-state index contributed by atoms with van der Waals surface area (Å²) >= 11 is 0. The first-order valence-corrected chi connectivity index (χ1v) is 9.19. The Morgan fingerprint density at radius 2 is 1.69 bits per heavy atom. The Kier molecular flexibility index (Phi) is 3.75. The topological polar surface area (TPSA) is 95.9 Å². The first-order chi connectivity index (χ1) is 11.6. The van der Waals surface area contributed by atoms with E-state index in [1.807, 2.05) is 13.8 Å². The van der Waals surface area contributed by atoms with Gasteiger partial charge in [0.1, 0.15) is 17.2 Å². The molecule has 2 saturated carbocycles. The highest BCUT2D eigenvalue weighted by Gasteiger charge is 2.74. The average Bonchev–Trinajstić information content (AvgIpc) is 3.07. The molecule has 2 N–H and O–H groups in total. The van der Waals surface area contributed by atoms with E-state index in [1.165, 1.54) is 4.90 Å². The molecular weight excluding hydrogens is 336 g/mol. The second kappa shape index (κ2) is 5.14. The van der Waals surface area contributed by atoms with Crippen LogP contribution in [0.4, 0.5) is 4.79 Å². The Hall–Kier alpha value is -1.79. The third kappa shape index (κ3) is 2.67. The summed E-state index contributed by atoms with van der Waals surface area (Å²) in [6.45, 7) is 13.6. The van der Waals surface area contributed by atoms with E-state index in [1.54, 1.807) is 20.8 Å². The molecule has 4 atom stereocenters. The van der Waals surface area contributed by atoms with Crippen molar-refractivity contribution in [2.24, 2.45) is 22.7 Å². The third-order valence-electron chi connectivity index (χ3n) is 6.54. The fourth-order valence-corrected chi connectivity index (χ4v) is 4.75. The van der Waals surface area contributed by atoms with Crippen LogP contribution in [0.3, 0.4) is 0 Å². The number of hydrogen-bond donors (Lipinski definition) is 2. The molecule has 1 heterocycles. The second-order valence-corrected chi connectivity index (χ2v) is 10.3. The van der Waals surface area contributed by atoms with Crippen molar-refractivity contribution in [3.05, 3.63) is 0 Å². The van der Waals surface area contributed by atoms with Crippen LogP contribution in [0.2, 0.25) is 0 Å². The van der Waals surface area contributed by atoms with E-state index in [-0.39, 0.29) is 23.2 Å². The van der Waals surface area contributed by atoms with Gasteiger partial charge in [0.25, 0.3) is 0 Å². The Balaban J connectivity index is 1.81. The highest BCUT2D eigenvalue weighted by Crippen LogP contribution is 2.66. The number of carboxylic acid groups (broad SMARTS) is 1. The quantitative estimate of drug-likeness (QED) is 0.799. The Morgan fingerprint density at radius 3 is 2.12 bits per heavy atom. The number of amides is 2. The molecule has 0 radical (unpaired) electrons. The summed E-state index contributed by atoms with van der Waals surface area (Å²) in [6, 6.07) is -0.823. The van der Waals surface area contributed by atoms with Gasteiger partial charge < -0.3 is 20.1 Å². The minimum Gasteiger partial charge on any atom is -0.480 e. The molecule has 1 saturated heterocycles. The summed E-state index contributed by atoms with van der Waals surface area (Å²) in [7, 11) is 0. The van der Waals surface area contributed by atoms with Gasteiger partial charge in [-0.3, -0.25) is 4.79 Å². The molecule has 26 heavy (non-hydrogen) atoms. The normalized spacial score (nSPS) is 36.1. The van der Waals surface area contributed by atoms with E-state index in [0.29, 0.717) is 13.0 Å². The van der Waals surface area contributed by atoms with Gasteiger partial charge in [0, 0.05) is 12.5 Å². The maximum absolute atomic E-state index is 13.3. The lowest BCUT2D eigenvalue weighted by Crippen LogP contribution is -2.57. The molecule has 3 rings (SSSR count). The summed E-state index contributed by atoms with van der Waals surface area (Å²) in [4.78, 5) is 38.9. The van der Waals surface area contributed by atoms with Gasteiger partial charge >= 0.3 is 12.1 Å². The maximum Gasteiger partial charge on any atom is 0.408 e. The molecule has 1 aliphatic heterocycles. The predicted molar refractivity (Wildman–Crippen MR) is 94.4 cm³/mol. The molecule has 2 aliphatic carbocycles. The van der Waals surface area contributed by atoms with Crippen molar-refractivity contribution in [3.63, 3.8) is 0 Å². The molecule has 0 aromatic carbocycles. The number of piperidine rings is 1. The van der Waals surface area contributed by atoms with Gasteiger partial charge in [0.2, 0.25) is 5.91 Å². The van der Waals surface area contributed by atoms with Crippen molar-refractivity contribution >= 4 is 18.0 Å². The van der Waals surface area contributed by atoms with Crippen LogP contribution in [-0.4, -0.2) is 51.7 Å². The van der Waals surface area contributed by atoms with Crippen LogP contribution in [0.1, 0.15) is 54.9 Å². The second-order valence-electron chi connectivity index (χ2n) is 10.3. The molecule has 0 spiro atoms. The van der Waals surface area contributed by atoms with Crippen molar-refractivity contribution in [1.82, 2.24) is 10.2 Å². The first kappa shape index (κ1) is 19.0. The standard InChI is InChI=1S/C19H30N2O5/c1-16(2,3)26-15(25)20-19(9-17(19,4)5)14(24)21-8-10-11(18(10,6)7)12(21)13(22)23/h10-12H,8-9H2,1-7H3,(H,20,25)(H,22,23)/t10-,11-,12-,19?/m0/s1. The van der Waals surface area contributed by atoms with Crippen molar-refractivity contribution < 1.29 is 24.2 Å². The molecule has 0 bridgehead atoms. The van der Waals surface area contributed by atoms with Gasteiger partial charge in [-0.05, 0) is 43.9 Å². The molecule has 146 valence electrons. The van der Waals surface area contributed by atoms with Crippen LogP contribution in [0, 0.1) is 22.7 Å². The monoisotopic (exact) mass is 366 g/mol. The largest absolute Gasteiger partial charge is 0.480 e. The number of carbonyl (C=O) groups is 3. The number of likely N-dealkylation sites (tertiary alicyclic amines) is 1. The van der Waals surface area contributed by atoms with E-state index >= 15 is 0 Å². The van der Waals surface area contributed by atoms with Crippen molar-refractivity contribution in [2.75, 3.05) is 6.54 Å². The molecule has 3 fully saturated rings. The van der Waals surface area contributed by atoms with Gasteiger partial charge in [-0.2, -0.15) is 0 Å². The highest BCUT2D eigenvalue weighted by atomic mass is 16.6. The fraction of sp³-hybridized carbons (Fsp3) is 0.842. The first-order valence-electron chi connectivity index (χ1n) is 9.19. The lowest BCUT2D eigenvalue weighted by atomic mass is 9.98. The van der Waals surface area contributed by atoms with E-state index in [4.69, 9.17) is 4.74 Å². The number of hydrogen-bond acceptors (Lipinski definition) is 4. The fourth-order valence-electron chi connectivity index (χ4n) is 4.75. The smallest absolute Gasteiger partial charge is 0.408 e. The van der Waals surface area contributed by atoms with Crippen molar-refractivity contribution in [3.8, 4) is 0 Å². The molecule has 3 aliphatic rings. The van der Waals surface area contributed by atoms with Crippen LogP contribution >= 0.6 is 0 Å². The number of rotatable bonds is 3. The lowest BCUT2D eigenvalue weighted by Gasteiger charge is -2.33. The number of fused-ring (bicyclic) bond motifs is 1. The number of alkyl carbamates (subject to hydrolysis) is 1. The van der Waals surface area contributed by atoms with E-state index in [0.717, 1.165) is 0 Å². The molecule has 2 amide bonds. The minimum absolute atomic E-state index is 0.0237. The Bertz CT molecular complexity index is 678. The van der Waals surface area contributed by atoms with Crippen molar-refractivity contribution in [1.29, 1.82) is 0 Å². The van der Waals surface area contributed by atoms with Gasteiger partial charge in [-0.25, -0.2) is 9.59 Å². The molecule has 0 aromatic heterocycles. The van der Waals surface area contributed by atoms with Gasteiger partial charge in [-0.15, -0.1) is 0 Å². The van der Waals surface area contributed by atoms with E-state index < -0.39 is 34.7 Å². The molecule has 0 aromatic rings. The number of ether oxygens (including phenoxy) is 1. The summed E-state index contributed by atoms with van der Waals surface area (Å²) in [6.07, 6.45) is -0.174. The number of carbonyl (C=O) groups excluding carboxylic acids is 2. The van der Waals surface area contributed by atoms with Crippen LogP contribution in [0.15, 0.2) is 0 Å². The average molecular weight is 366 g/mol. The Morgan fingerprint density at radius 1 is 1.15 bits per heavy atom. The number of aliphatic carboxylic acids is 1. The van der Waals surface area contributed by atoms with Gasteiger partial charge in [-0.1, -0.05) is 27.7 Å². The zero-order valence-electron chi connectivity index (χ0n) is 16.7. The summed E-state index contributed by atoms with van der Waals surface area (Å²) in [5, 5.41) is 12.5. The van der Waals surface area contributed by atoms with Crippen LogP contribution in [0.25, 0.3) is 0 Å². The molecular formula is C19H30N2O5.